The van der Waals surface area contributed by atoms with Crippen LogP contribution in [0, 0.1) is 5.92 Å². The van der Waals surface area contributed by atoms with Crippen LogP contribution in [0.4, 0.5) is 0 Å². The molecule has 0 saturated carbocycles. The van der Waals surface area contributed by atoms with Crippen LogP contribution in [-0.4, -0.2) is 21.6 Å². The number of aliphatic carboxylic acids is 1. The van der Waals surface area contributed by atoms with Crippen LogP contribution in [0.2, 0.25) is 0 Å². The van der Waals surface area contributed by atoms with Gasteiger partial charge in [-0.05, 0) is 31.9 Å². The predicted molar refractivity (Wildman–Crippen MR) is 85.9 cm³/mol. The van der Waals surface area contributed by atoms with Crippen molar-refractivity contribution in [2.45, 2.75) is 83.8 Å². The van der Waals surface area contributed by atoms with E-state index in [0.29, 0.717) is 5.92 Å². The zero-order chi connectivity index (χ0) is 14.7. The normalized spacial score (nSPS) is 13.5. The number of unbranched alkanes of at least 4 members (excludes halogenated alkanes) is 5. The molecule has 0 rings (SSSR count). The van der Waals surface area contributed by atoms with E-state index >= 15 is 0 Å². The van der Waals surface area contributed by atoms with Crippen LogP contribution in [0.1, 0.15) is 79.1 Å². The van der Waals surface area contributed by atoms with E-state index in [4.69, 9.17) is 5.11 Å². The van der Waals surface area contributed by atoms with Gasteiger partial charge in [-0.3, -0.25) is 4.79 Å². The largest absolute Gasteiger partial charge is 0.480 e. The smallest absolute Gasteiger partial charge is 0.319 e. The van der Waals surface area contributed by atoms with Gasteiger partial charge in [0.05, 0.1) is 0 Å². The summed E-state index contributed by atoms with van der Waals surface area (Å²) in [4.78, 5) is 11.1. The van der Waals surface area contributed by atoms with Crippen LogP contribution in [0.15, 0.2) is 0 Å². The third kappa shape index (κ3) is 9.37. The monoisotopic (exact) mass is 288 g/mol. The van der Waals surface area contributed by atoms with Crippen LogP contribution >= 0.6 is 11.8 Å². The lowest BCUT2D eigenvalue weighted by Crippen LogP contribution is -2.28. The number of hydrogen-bond acceptors (Lipinski definition) is 2. The summed E-state index contributed by atoms with van der Waals surface area (Å²) in [5, 5.41) is 9.10. The molecule has 0 aliphatic rings. The molecular weight excluding hydrogens is 256 g/mol. The summed E-state index contributed by atoms with van der Waals surface area (Å²) in [6.07, 6.45) is 10.5. The number of carboxylic acids is 1. The van der Waals surface area contributed by atoms with Crippen molar-refractivity contribution in [3.8, 4) is 0 Å². The van der Waals surface area contributed by atoms with Gasteiger partial charge in [0.2, 0.25) is 0 Å². The predicted octanol–water partition coefficient (Wildman–Crippen LogP) is 5.36. The van der Waals surface area contributed by atoms with Crippen LogP contribution in [0.3, 0.4) is 0 Å². The van der Waals surface area contributed by atoms with Crippen molar-refractivity contribution in [2.75, 3.05) is 5.75 Å². The van der Waals surface area contributed by atoms with Gasteiger partial charge >= 0.3 is 5.97 Å². The Hall–Kier alpha value is -0.180. The second-order valence-electron chi connectivity index (χ2n) is 5.96. The lowest BCUT2D eigenvalue weighted by molar-refractivity contribution is -0.138. The van der Waals surface area contributed by atoms with Crippen molar-refractivity contribution in [3.05, 3.63) is 0 Å². The Morgan fingerprint density at radius 1 is 1.11 bits per heavy atom. The second-order valence-corrected chi connectivity index (χ2v) is 7.60. The van der Waals surface area contributed by atoms with Crippen molar-refractivity contribution < 1.29 is 9.90 Å². The third-order valence-electron chi connectivity index (χ3n) is 3.74. The van der Waals surface area contributed by atoms with E-state index in [1.54, 1.807) is 25.6 Å². The minimum Gasteiger partial charge on any atom is -0.480 e. The van der Waals surface area contributed by atoms with Crippen molar-refractivity contribution >= 4 is 17.7 Å². The lowest BCUT2D eigenvalue weighted by atomic mass is 10.00. The first-order valence-electron chi connectivity index (χ1n) is 7.81. The Morgan fingerprint density at radius 2 is 1.68 bits per heavy atom. The highest BCUT2D eigenvalue weighted by molar-refractivity contribution is 8.01. The first-order valence-corrected chi connectivity index (χ1v) is 8.80. The maximum absolute atomic E-state index is 11.1. The summed E-state index contributed by atoms with van der Waals surface area (Å²) in [5.41, 5.74) is 0. The first-order chi connectivity index (χ1) is 8.94. The molecule has 3 heteroatoms. The molecule has 0 radical (unpaired) electrons. The molecule has 1 N–H and O–H groups in total. The van der Waals surface area contributed by atoms with E-state index in [9.17, 15) is 4.79 Å². The van der Waals surface area contributed by atoms with Crippen molar-refractivity contribution in [2.24, 2.45) is 5.92 Å². The van der Waals surface area contributed by atoms with Crippen LogP contribution < -0.4 is 0 Å². The van der Waals surface area contributed by atoms with E-state index in [2.05, 4.69) is 13.8 Å². The van der Waals surface area contributed by atoms with Crippen molar-refractivity contribution in [1.82, 2.24) is 0 Å². The lowest BCUT2D eigenvalue weighted by Gasteiger charge is -2.22. The standard InChI is InChI=1S/C16H32O2S/c1-5-7-8-9-10-11-12-14(6-2)13-19-16(3,4)15(17)18/h14H,5-13H2,1-4H3,(H,17,18). The van der Waals surface area contributed by atoms with Gasteiger partial charge in [-0.25, -0.2) is 0 Å². The number of carboxylic acid groups (broad SMARTS) is 1. The van der Waals surface area contributed by atoms with E-state index in [1.807, 2.05) is 0 Å². The minimum atomic E-state index is -0.702. The number of carbonyl (C=O) groups is 1. The molecule has 0 amide bonds. The summed E-state index contributed by atoms with van der Waals surface area (Å²) in [6, 6.07) is 0. The van der Waals surface area contributed by atoms with E-state index in [-0.39, 0.29) is 0 Å². The topological polar surface area (TPSA) is 37.3 Å². The third-order valence-corrected chi connectivity index (χ3v) is 5.27. The minimum absolute atomic E-state index is 0.644. The Bertz CT molecular complexity index is 239. The zero-order valence-corrected chi connectivity index (χ0v) is 14.0. The fraction of sp³-hybridized carbons (Fsp3) is 0.938. The molecule has 1 atom stereocenters. The van der Waals surface area contributed by atoms with Gasteiger partial charge in [0, 0.05) is 0 Å². The maximum Gasteiger partial charge on any atom is 0.319 e. The van der Waals surface area contributed by atoms with Gasteiger partial charge in [-0.2, -0.15) is 0 Å². The average Bonchev–Trinajstić information content (AvgIpc) is 2.36. The highest BCUT2D eigenvalue weighted by Gasteiger charge is 2.28. The summed E-state index contributed by atoms with van der Waals surface area (Å²) in [5.74, 6) is 0.951. The van der Waals surface area contributed by atoms with Crippen LogP contribution in [0.5, 0.6) is 0 Å². The number of hydrogen-bond donors (Lipinski definition) is 1. The fourth-order valence-electron chi connectivity index (χ4n) is 2.01. The highest BCUT2D eigenvalue weighted by atomic mass is 32.2. The molecule has 0 aromatic heterocycles. The van der Waals surface area contributed by atoms with Crippen molar-refractivity contribution in [3.63, 3.8) is 0 Å². The molecule has 0 aliphatic carbocycles. The molecule has 0 bridgehead atoms. The van der Waals surface area contributed by atoms with Crippen molar-refractivity contribution in [1.29, 1.82) is 0 Å². The summed E-state index contributed by atoms with van der Waals surface area (Å²) < 4.78 is -0.644. The van der Waals surface area contributed by atoms with Gasteiger partial charge in [-0.15, -0.1) is 11.8 Å². The molecule has 0 saturated heterocycles. The molecule has 114 valence electrons. The Morgan fingerprint density at radius 3 is 2.21 bits per heavy atom. The van der Waals surface area contributed by atoms with Crippen LogP contribution in [0.25, 0.3) is 0 Å². The van der Waals surface area contributed by atoms with Gasteiger partial charge in [-0.1, -0.05) is 58.8 Å². The molecule has 2 nitrogen and oxygen atoms in total. The van der Waals surface area contributed by atoms with Gasteiger partial charge in [0.15, 0.2) is 0 Å². The molecule has 0 aromatic rings. The molecule has 0 aromatic carbocycles. The fourth-order valence-corrected chi connectivity index (χ4v) is 3.18. The van der Waals surface area contributed by atoms with E-state index in [0.717, 1.165) is 12.2 Å². The zero-order valence-electron chi connectivity index (χ0n) is 13.2. The maximum atomic E-state index is 11.1. The summed E-state index contributed by atoms with van der Waals surface area (Å²) in [7, 11) is 0. The van der Waals surface area contributed by atoms with Gasteiger partial charge in [0.25, 0.3) is 0 Å². The molecule has 0 fully saturated rings. The molecule has 0 spiro atoms. The molecule has 0 heterocycles. The van der Waals surface area contributed by atoms with Crippen LogP contribution in [-0.2, 0) is 4.79 Å². The quantitative estimate of drug-likeness (QED) is 0.491. The molecule has 0 aliphatic heterocycles. The Labute approximate surface area is 123 Å². The number of thioether (sulfide) groups is 1. The summed E-state index contributed by atoms with van der Waals surface area (Å²) >= 11 is 1.59. The van der Waals surface area contributed by atoms with Gasteiger partial charge in [0.1, 0.15) is 4.75 Å². The first kappa shape index (κ1) is 18.8. The number of rotatable bonds is 12. The average molecular weight is 288 g/mol. The van der Waals surface area contributed by atoms with Gasteiger partial charge < -0.3 is 5.11 Å². The van der Waals surface area contributed by atoms with E-state index < -0.39 is 10.7 Å². The summed E-state index contributed by atoms with van der Waals surface area (Å²) in [6.45, 7) is 8.07. The molecular formula is C16H32O2S. The Kier molecular flexibility index (Phi) is 10.5. The highest BCUT2D eigenvalue weighted by Crippen LogP contribution is 2.29. The molecule has 1 unspecified atom stereocenters. The Balaban J connectivity index is 3.74. The van der Waals surface area contributed by atoms with E-state index in [1.165, 1.54) is 44.9 Å². The SMILES string of the molecule is CCCCCCCCC(CC)CSC(C)(C)C(=O)O. The molecule has 19 heavy (non-hydrogen) atoms. The second kappa shape index (κ2) is 10.6.